The van der Waals surface area contributed by atoms with Crippen LogP contribution in [0.5, 0.6) is 6.01 Å². The molecule has 2 aromatic heterocycles. The number of ether oxygens (including phenoxy) is 1. The molecule has 16 heteroatoms. The van der Waals surface area contributed by atoms with Crippen LogP contribution < -0.4 is 15.4 Å². The molecule has 0 unspecified atom stereocenters. The van der Waals surface area contributed by atoms with Crippen molar-refractivity contribution in [2.45, 2.75) is 81.8 Å². The minimum Gasteiger partial charge on any atom is -0.461 e. The number of likely N-dealkylation sites (N-methyl/N-ethyl adjacent to an activating group) is 1. The average Bonchev–Trinajstić information content (AvgIpc) is 3.45. The Morgan fingerprint density at radius 3 is 2.68 bits per heavy atom. The first kappa shape index (κ1) is 35.7. The molecule has 4 atom stereocenters. The Hall–Kier alpha value is -4.36. The predicted octanol–water partition coefficient (Wildman–Crippen LogP) is 7.44. The number of aromatic nitrogens is 2. The highest BCUT2D eigenvalue weighted by Gasteiger charge is 2.50. The van der Waals surface area contributed by atoms with Crippen molar-refractivity contribution in [1.29, 1.82) is 5.26 Å². The van der Waals surface area contributed by atoms with Crippen molar-refractivity contribution in [1.82, 2.24) is 19.8 Å². The Morgan fingerprint density at radius 1 is 1.21 bits per heavy atom. The van der Waals surface area contributed by atoms with Gasteiger partial charge in [0.1, 0.15) is 41.0 Å². The summed E-state index contributed by atoms with van der Waals surface area (Å²) < 4.78 is 98.2. The maximum atomic E-state index is 17.3. The number of nitrogen functional groups attached to an aromatic ring is 1. The van der Waals surface area contributed by atoms with Crippen LogP contribution in [0.3, 0.4) is 0 Å². The Balaban J connectivity index is 1.32. The summed E-state index contributed by atoms with van der Waals surface area (Å²) in [6, 6.07) is 3.59. The Morgan fingerprint density at radius 2 is 1.98 bits per heavy atom. The number of nitriles is 1. The Kier molecular flexibility index (Phi) is 8.68. The number of likely N-dealkylation sites (tertiary alicyclic amines) is 1. The number of halogens is 6. The van der Waals surface area contributed by atoms with Crippen molar-refractivity contribution < 1.29 is 35.9 Å². The third-order valence-electron chi connectivity index (χ3n) is 11.6. The van der Waals surface area contributed by atoms with Crippen molar-refractivity contribution in [3.63, 3.8) is 0 Å². The summed E-state index contributed by atoms with van der Waals surface area (Å²) in [5.41, 5.74) is 1.95. The molecule has 1 saturated carbocycles. The third kappa shape index (κ3) is 5.81. The molecule has 5 heterocycles. The smallest absolute Gasteiger partial charge is 0.417 e. The van der Waals surface area contributed by atoms with Gasteiger partial charge in [-0.05, 0) is 62.8 Å². The summed E-state index contributed by atoms with van der Waals surface area (Å²) in [6.45, 7) is 3.33. The number of nitrogens with zero attached hydrogens (tertiary/aromatic N) is 6. The SMILES string of the molecule is CC[C@@H]1[C@H](N(C)c2nc(OC[C@@]34CCCN3C[C@H](F)C4)nc3c(F)c(-c4ccc(F)c5sc(N)c(C#N)c45)c(C(F)(F)F)cc23)CCN1C(=O)C1CC1. The van der Waals surface area contributed by atoms with Crippen molar-refractivity contribution in [3.05, 3.63) is 41.0 Å². The molecule has 1 amide bonds. The lowest BCUT2D eigenvalue weighted by Gasteiger charge is -2.34. The summed E-state index contributed by atoms with van der Waals surface area (Å²) in [4.78, 5) is 27.7. The zero-order valence-corrected chi connectivity index (χ0v) is 29.9. The van der Waals surface area contributed by atoms with Crippen LogP contribution in [0, 0.1) is 28.9 Å². The number of hydrogen-bond donors (Lipinski definition) is 1. The molecule has 0 radical (unpaired) electrons. The second-order valence-electron chi connectivity index (χ2n) is 14.7. The number of alkyl halides is 4. The molecule has 2 N–H and O–H groups in total. The van der Waals surface area contributed by atoms with E-state index in [0.717, 1.165) is 37.5 Å². The van der Waals surface area contributed by atoms with Crippen LogP contribution in [0.1, 0.15) is 63.0 Å². The molecule has 4 fully saturated rings. The van der Waals surface area contributed by atoms with Gasteiger partial charge in [0.15, 0.2) is 5.82 Å². The highest BCUT2D eigenvalue weighted by Crippen LogP contribution is 2.49. The summed E-state index contributed by atoms with van der Waals surface area (Å²) >= 11 is 0.686. The highest BCUT2D eigenvalue weighted by molar-refractivity contribution is 7.23. The molecular weight excluding hydrogens is 721 g/mol. The molecule has 1 aliphatic carbocycles. The van der Waals surface area contributed by atoms with Gasteiger partial charge in [0.05, 0.1) is 33.4 Å². The van der Waals surface area contributed by atoms with Crippen LogP contribution in [0.4, 0.5) is 37.2 Å². The van der Waals surface area contributed by atoms with Gasteiger partial charge in [0.25, 0.3) is 0 Å². The van der Waals surface area contributed by atoms with E-state index in [-0.39, 0.29) is 86.9 Å². The van der Waals surface area contributed by atoms with E-state index >= 15 is 17.6 Å². The second kappa shape index (κ2) is 12.9. The maximum Gasteiger partial charge on any atom is 0.417 e. The minimum atomic E-state index is -5.12. The second-order valence-corrected chi connectivity index (χ2v) is 15.8. The molecule has 0 bridgehead atoms. The van der Waals surface area contributed by atoms with Crippen LogP contribution >= 0.6 is 11.3 Å². The average molecular weight is 758 g/mol. The molecular formula is C37H37F6N7O2S. The van der Waals surface area contributed by atoms with Crippen LogP contribution in [-0.2, 0) is 11.0 Å². The van der Waals surface area contributed by atoms with Gasteiger partial charge in [-0.2, -0.15) is 28.4 Å². The van der Waals surface area contributed by atoms with Crippen LogP contribution in [0.15, 0.2) is 18.2 Å². The van der Waals surface area contributed by atoms with Gasteiger partial charge in [-0.25, -0.2) is 13.2 Å². The van der Waals surface area contributed by atoms with Crippen molar-refractivity contribution in [3.8, 4) is 23.2 Å². The van der Waals surface area contributed by atoms with Gasteiger partial charge >= 0.3 is 12.2 Å². The van der Waals surface area contributed by atoms with Crippen LogP contribution in [-0.4, -0.2) is 82.8 Å². The monoisotopic (exact) mass is 757 g/mol. The van der Waals surface area contributed by atoms with E-state index in [1.807, 2.05) is 22.8 Å². The van der Waals surface area contributed by atoms with Crippen LogP contribution in [0.25, 0.3) is 32.1 Å². The highest BCUT2D eigenvalue weighted by atomic mass is 32.1. The summed E-state index contributed by atoms with van der Waals surface area (Å²) in [5, 5.41) is 9.28. The summed E-state index contributed by atoms with van der Waals surface area (Å²) in [7, 11) is 1.65. The fourth-order valence-corrected chi connectivity index (χ4v) is 9.89. The van der Waals surface area contributed by atoms with Gasteiger partial charge in [0, 0.05) is 48.8 Å². The minimum absolute atomic E-state index is 0.0137. The molecule has 3 aliphatic heterocycles. The topological polar surface area (TPSA) is 112 Å². The van der Waals surface area contributed by atoms with Crippen molar-refractivity contribution in [2.24, 2.45) is 5.92 Å². The first-order valence-electron chi connectivity index (χ1n) is 17.8. The molecule has 0 spiro atoms. The zero-order chi connectivity index (χ0) is 37.6. The number of anilines is 2. The van der Waals surface area contributed by atoms with E-state index in [1.165, 1.54) is 0 Å². The number of thiophene rings is 1. The van der Waals surface area contributed by atoms with E-state index in [2.05, 4.69) is 9.97 Å². The molecule has 2 aromatic carbocycles. The number of nitrogens with two attached hydrogens (primary N) is 1. The molecule has 53 heavy (non-hydrogen) atoms. The van der Waals surface area contributed by atoms with E-state index in [4.69, 9.17) is 10.5 Å². The van der Waals surface area contributed by atoms with E-state index in [9.17, 15) is 18.8 Å². The first-order chi connectivity index (χ1) is 25.3. The molecule has 8 rings (SSSR count). The Labute approximate surface area is 305 Å². The number of amides is 1. The molecule has 4 aliphatic rings. The maximum absolute atomic E-state index is 17.3. The van der Waals surface area contributed by atoms with Crippen LogP contribution in [0.2, 0.25) is 0 Å². The third-order valence-corrected chi connectivity index (χ3v) is 12.6. The quantitative estimate of drug-likeness (QED) is 0.185. The molecule has 4 aromatic rings. The largest absolute Gasteiger partial charge is 0.461 e. The van der Waals surface area contributed by atoms with Gasteiger partial charge in [-0.15, -0.1) is 11.3 Å². The summed E-state index contributed by atoms with van der Waals surface area (Å²) in [5.74, 6) is -2.19. The van der Waals surface area contributed by atoms with Crippen molar-refractivity contribution >= 4 is 49.1 Å². The number of hydrogen-bond acceptors (Lipinski definition) is 9. The molecule has 280 valence electrons. The fourth-order valence-electron chi connectivity index (χ4n) is 8.94. The number of carbonyl (C=O) groups excluding carboxylic acids is 1. The van der Waals surface area contributed by atoms with E-state index in [1.54, 1.807) is 11.9 Å². The normalized spacial score (nSPS) is 24.7. The lowest BCUT2D eigenvalue weighted by atomic mass is 9.92. The number of benzene rings is 2. The van der Waals surface area contributed by atoms with Gasteiger partial charge in [-0.3, -0.25) is 9.69 Å². The van der Waals surface area contributed by atoms with Crippen molar-refractivity contribution in [2.75, 3.05) is 43.9 Å². The summed E-state index contributed by atoms with van der Waals surface area (Å²) in [6.07, 6.45) is -1.72. The number of carbonyl (C=O) groups is 1. The Bertz CT molecular complexity index is 2190. The van der Waals surface area contributed by atoms with E-state index in [0.29, 0.717) is 43.7 Å². The lowest BCUT2D eigenvalue weighted by Crippen LogP contribution is -2.46. The van der Waals surface area contributed by atoms with Gasteiger partial charge in [-0.1, -0.05) is 13.0 Å². The fraction of sp³-hybridized carbons (Fsp3) is 0.514. The first-order valence-corrected chi connectivity index (χ1v) is 18.7. The molecule has 3 saturated heterocycles. The van der Waals surface area contributed by atoms with Gasteiger partial charge in [0.2, 0.25) is 5.91 Å². The molecule has 9 nitrogen and oxygen atoms in total. The van der Waals surface area contributed by atoms with Gasteiger partial charge < -0.3 is 20.3 Å². The van der Waals surface area contributed by atoms with E-state index < -0.39 is 46.2 Å². The zero-order valence-electron chi connectivity index (χ0n) is 29.1. The number of fused-ring (bicyclic) bond motifs is 3. The predicted molar refractivity (Wildman–Crippen MR) is 188 cm³/mol. The number of rotatable bonds is 8. The lowest BCUT2D eigenvalue weighted by molar-refractivity contribution is -0.137. The standard InChI is InChI=1S/C37H37F6N7O2S/c1-3-25-26(9-12-50(25)34(51)18-5-6-18)48(2)33-21-13-23(37(41,42)43)28(20-7-8-24(39)31-27(20)22(15-44)32(45)53-31)29(40)30(21)46-35(47-33)52-17-36-10-4-11-49(36)16-19(38)14-36/h7-8,13,18-19,25-26H,3-6,9-12,14,16-17,45H2,1-2H3/t19-,25-,26-,36+/m1/s1.